The maximum atomic E-state index is 3.38. The molecule has 0 radical (unpaired) electrons. The molecule has 0 aliphatic heterocycles. The van der Waals surface area contributed by atoms with Crippen LogP contribution in [0.4, 0.5) is 0 Å². The molecule has 0 saturated heterocycles. The van der Waals surface area contributed by atoms with Crippen molar-refractivity contribution in [2.45, 2.75) is 12.8 Å². The minimum absolute atomic E-state index is 1.10. The zero-order chi connectivity index (χ0) is 7.66. The van der Waals surface area contributed by atoms with Crippen LogP contribution < -0.4 is 10.6 Å². The molecule has 0 amide bonds. The average molecular weight is 209 g/mol. The summed E-state index contributed by atoms with van der Waals surface area (Å²) in [6, 6.07) is 0. The summed E-state index contributed by atoms with van der Waals surface area (Å²) >= 11 is 3.38. The summed E-state index contributed by atoms with van der Waals surface area (Å²) in [6.45, 7) is 3.38. The lowest BCUT2D eigenvalue weighted by Gasteiger charge is -2.01. The Kier molecular flexibility index (Phi) is 9.78. The molecule has 0 fully saturated rings. The second kappa shape index (κ2) is 9.40. The van der Waals surface area contributed by atoms with E-state index in [4.69, 9.17) is 0 Å². The quantitative estimate of drug-likeness (QED) is 0.482. The Labute approximate surface area is 71.9 Å². The van der Waals surface area contributed by atoms with E-state index < -0.39 is 0 Å². The van der Waals surface area contributed by atoms with Gasteiger partial charge in [-0.3, -0.25) is 0 Å². The summed E-state index contributed by atoms with van der Waals surface area (Å²) in [5.41, 5.74) is 0. The van der Waals surface area contributed by atoms with Gasteiger partial charge in [0.2, 0.25) is 0 Å². The minimum Gasteiger partial charge on any atom is -0.320 e. The highest BCUT2D eigenvalue weighted by molar-refractivity contribution is 9.09. The van der Waals surface area contributed by atoms with Crippen molar-refractivity contribution in [3.63, 3.8) is 0 Å². The number of hydrogen-bond acceptors (Lipinski definition) is 2. The van der Waals surface area contributed by atoms with Crippen molar-refractivity contribution in [1.29, 1.82) is 0 Å². The lowest BCUT2D eigenvalue weighted by molar-refractivity contribution is 0.621. The fourth-order valence-electron chi connectivity index (χ4n) is 0.707. The van der Waals surface area contributed by atoms with E-state index in [0.717, 1.165) is 25.0 Å². The lowest BCUT2D eigenvalue weighted by Crippen LogP contribution is -2.20. The molecule has 0 heterocycles. The number of alkyl halides is 1. The highest BCUT2D eigenvalue weighted by Gasteiger charge is 1.85. The van der Waals surface area contributed by atoms with Crippen LogP contribution in [-0.4, -0.2) is 32.0 Å². The zero-order valence-corrected chi connectivity index (χ0v) is 8.21. The molecule has 0 atom stereocenters. The van der Waals surface area contributed by atoms with Crippen LogP contribution in [0.5, 0.6) is 0 Å². The smallest absolute Gasteiger partial charge is 0.00433 e. The van der Waals surface area contributed by atoms with Crippen LogP contribution in [0, 0.1) is 0 Å². The van der Waals surface area contributed by atoms with Crippen molar-refractivity contribution in [3.8, 4) is 0 Å². The van der Waals surface area contributed by atoms with Crippen LogP contribution in [0.15, 0.2) is 0 Å². The first-order chi connectivity index (χ1) is 4.91. The molecule has 10 heavy (non-hydrogen) atoms. The van der Waals surface area contributed by atoms with E-state index in [9.17, 15) is 0 Å². The summed E-state index contributed by atoms with van der Waals surface area (Å²) in [5.74, 6) is 0. The van der Waals surface area contributed by atoms with Gasteiger partial charge in [-0.15, -0.1) is 0 Å². The Bertz CT molecular complexity index is 51.6. The molecule has 0 aromatic carbocycles. The third-order valence-corrected chi connectivity index (χ3v) is 1.83. The van der Waals surface area contributed by atoms with E-state index in [1.165, 1.54) is 12.8 Å². The normalized spacial score (nSPS) is 10.2. The predicted octanol–water partition coefficient (Wildman–Crippen LogP) is 0.971. The average Bonchev–Trinajstić information content (AvgIpc) is 1.97. The van der Waals surface area contributed by atoms with E-state index >= 15 is 0 Å². The molecule has 0 saturated carbocycles. The fraction of sp³-hybridized carbons (Fsp3) is 1.00. The highest BCUT2D eigenvalue weighted by atomic mass is 79.9. The first kappa shape index (κ1) is 10.4. The first-order valence-electron chi connectivity index (χ1n) is 3.83. The Morgan fingerprint density at radius 1 is 1.10 bits per heavy atom. The third kappa shape index (κ3) is 8.40. The molecule has 0 unspecified atom stereocenters. The van der Waals surface area contributed by atoms with Gasteiger partial charge < -0.3 is 10.6 Å². The standard InChI is InChI=1S/C7H17BrN2/c1-9-5-3-7-10-6-2-4-8/h9-10H,2-7H2,1H3. The Hall–Kier alpha value is 0.400. The molecule has 62 valence electrons. The van der Waals surface area contributed by atoms with Gasteiger partial charge in [0.05, 0.1) is 0 Å². The van der Waals surface area contributed by atoms with E-state index in [2.05, 4.69) is 26.6 Å². The lowest BCUT2D eigenvalue weighted by atomic mass is 10.4. The van der Waals surface area contributed by atoms with Crippen molar-refractivity contribution >= 4 is 15.9 Å². The van der Waals surface area contributed by atoms with Gasteiger partial charge in [0, 0.05) is 5.33 Å². The molecule has 0 bridgehead atoms. The molecule has 0 aromatic rings. The third-order valence-electron chi connectivity index (χ3n) is 1.27. The first-order valence-corrected chi connectivity index (χ1v) is 4.95. The van der Waals surface area contributed by atoms with Gasteiger partial charge in [-0.05, 0) is 39.5 Å². The van der Waals surface area contributed by atoms with Crippen molar-refractivity contribution in [2.24, 2.45) is 0 Å². The summed E-state index contributed by atoms with van der Waals surface area (Å²) in [5, 5.41) is 7.56. The van der Waals surface area contributed by atoms with E-state index in [0.29, 0.717) is 0 Å². The van der Waals surface area contributed by atoms with Crippen LogP contribution in [0.2, 0.25) is 0 Å². The zero-order valence-electron chi connectivity index (χ0n) is 6.62. The van der Waals surface area contributed by atoms with Gasteiger partial charge in [-0.2, -0.15) is 0 Å². The molecular formula is C7H17BrN2. The minimum atomic E-state index is 1.10. The van der Waals surface area contributed by atoms with Gasteiger partial charge in [-0.1, -0.05) is 15.9 Å². The monoisotopic (exact) mass is 208 g/mol. The molecule has 3 heteroatoms. The van der Waals surface area contributed by atoms with Crippen molar-refractivity contribution < 1.29 is 0 Å². The second-order valence-corrected chi connectivity index (χ2v) is 3.04. The van der Waals surface area contributed by atoms with Gasteiger partial charge in [0.15, 0.2) is 0 Å². The Balaban J connectivity index is 2.65. The van der Waals surface area contributed by atoms with Gasteiger partial charge in [0.25, 0.3) is 0 Å². The number of rotatable bonds is 7. The molecule has 0 aliphatic carbocycles. The summed E-state index contributed by atoms with van der Waals surface area (Å²) in [6.07, 6.45) is 2.44. The number of nitrogens with one attached hydrogen (secondary N) is 2. The summed E-state index contributed by atoms with van der Waals surface area (Å²) in [7, 11) is 1.98. The van der Waals surface area contributed by atoms with Crippen LogP contribution >= 0.6 is 15.9 Å². The van der Waals surface area contributed by atoms with Crippen LogP contribution in [0.25, 0.3) is 0 Å². The number of hydrogen-bond donors (Lipinski definition) is 2. The van der Waals surface area contributed by atoms with Crippen molar-refractivity contribution in [3.05, 3.63) is 0 Å². The fourth-order valence-corrected chi connectivity index (χ4v) is 0.987. The molecule has 2 N–H and O–H groups in total. The molecule has 0 spiro atoms. The van der Waals surface area contributed by atoms with Crippen molar-refractivity contribution in [1.82, 2.24) is 10.6 Å². The van der Waals surface area contributed by atoms with Crippen LogP contribution in [-0.2, 0) is 0 Å². The van der Waals surface area contributed by atoms with E-state index in [1.54, 1.807) is 0 Å². The van der Waals surface area contributed by atoms with E-state index in [1.807, 2.05) is 7.05 Å². The second-order valence-electron chi connectivity index (χ2n) is 2.25. The van der Waals surface area contributed by atoms with Gasteiger partial charge >= 0.3 is 0 Å². The summed E-state index contributed by atoms with van der Waals surface area (Å²) < 4.78 is 0. The SMILES string of the molecule is CNCCCNCCCBr. The Morgan fingerprint density at radius 2 is 1.80 bits per heavy atom. The molecular weight excluding hydrogens is 192 g/mol. The van der Waals surface area contributed by atoms with Gasteiger partial charge in [0.1, 0.15) is 0 Å². The number of halogens is 1. The van der Waals surface area contributed by atoms with Crippen LogP contribution in [0.3, 0.4) is 0 Å². The highest BCUT2D eigenvalue weighted by Crippen LogP contribution is 1.84. The molecule has 0 aromatic heterocycles. The topological polar surface area (TPSA) is 24.1 Å². The van der Waals surface area contributed by atoms with Crippen molar-refractivity contribution in [2.75, 3.05) is 32.0 Å². The van der Waals surface area contributed by atoms with E-state index in [-0.39, 0.29) is 0 Å². The molecule has 0 aliphatic rings. The maximum Gasteiger partial charge on any atom is 0.00433 e. The van der Waals surface area contributed by atoms with Gasteiger partial charge in [-0.25, -0.2) is 0 Å². The largest absolute Gasteiger partial charge is 0.320 e. The molecule has 2 nitrogen and oxygen atoms in total. The summed E-state index contributed by atoms with van der Waals surface area (Å²) in [4.78, 5) is 0. The maximum absolute atomic E-state index is 3.38. The predicted molar refractivity (Wildman–Crippen MR) is 49.8 cm³/mol. The molecule has 0 rings (SSSR count). The Morgan fingerprint density at radius 3 is 2.40 bits per heavy atom. The van der Waals surface area contributed by atoms with Crippen LogP contribution in [0.1, 0.15) is 12.8 Å².